The van der Waals surface area contributed by atoms with Gasteiger partial charge in [0.25, 0.3) is 0 Å². The van der Waals surface area contributed by atoms with Crippen LogP contribution >= 0.6 is 22.9 Å². The van der Waals surface area contributed by atoms with E-state index in [1.807, 2.05) is 84.6 Å². The molecule has 2 aromatic carbocycles. The Morgan fingerprint density at radius 2 is 1.94 bits per heavy atom. The van der Waals surface area contributed by atoms with Crippen molar-refractivity contribution in [3.63, 3.8) is 0 Å². The summed E-state index contributed by atoms with van der Waals surface area (Å²) in [6.45, 7) is 0. The largest absolute Gasteiger partial charge is 0.497 e. The lowest BCUT2D eigenvalue weighted by atomic mass is 10.1. The highest BCUT2D eigenvalue weighted by Crippen LogP contribution is 2.33. The Balaban J connectivity index is 1.52. The Morgan fingerprint density at radius 3 is 2.62 bits per heavy atom. The normalized spacial score (nSPS) is 12.1. The lowest BCUT2D eigenvalue weighted by Crippen LogP contribution is -2.29. The molecule has 0 aliphatic heterocycles. The van der Waals surface area contributed by atoms with E-state index in [4.69, 9.17) is 16.3 Å². The number of nitrogens with zero attached hydrogens (tertiary/aromatic N) is 2. The molecule has 162 valence electrons. The van der Waals surface area contributed by atoms with Crippen LogP contribution < -0.4 is 10.1 Å². The molecule has 2 heterocycles. The number of imidazole rings is 1. The molecule has 1 unspecified atom stereocenters. The summed E-state index contributed by atoms with van der Waals surface area (Å²) in [7, 11) is 3.53. The van der Waals surface area contributed by atoms with Crippen LogP contribution in [0.3, 0.4) is 0 Å². The van der Waals surface area contributed by atoms with Gasteiger partial charge in [0.15, 0.2) is 0 Å². The first-order valence-electron chi connectivity index (χ1n) is 9.99. The van der Waals surface area contributed by atoms with Crippen LogP contribution in [-0.2, 0) is 11.8 Å². The highest BCUT2D eigenvalue weighted by molar-refractivity contribution is 7.16. The number of nitrogens with one attached hydrogen (secondary N) is 1. The number of carbonyl (C=O) groups excluding carboxylic acids is 1. The topological polar surface area (TPSA) is 56.1 Å². The number of amides is 1. The number of halogens is 1. The molecule has 0 saturated carbocycles. The Bertz CT molecular complexity index is 1240. The summed E-state index contributed by atoms with van der Waals surface area (Å²) in [4.78, 5) is 19.2. The van der Waals surface area contributed by atoms with Gasteiger partial charge in [-0.1, -0.05) is 41.9 Å². The molecule has 1 N–H and O–H groups in total. The van der Waals surface area contributed by atoms with Crippen LogP contribution in [0.2, 0.25) is 5.02 Å². The van der Waals surface area contributed by atoms with E-state index in [0.717, 1.165) is 32.5 Å². The molecule has 1 amide bonds. The van der Waals surface area contributed by atoms with Crippen LogP contribution in [0.25, 0.3) is 16.5 Å². The molecule has 0 fully saturated rings. The zero-order chi connectivity index (χ0) is 22.5. The first kappa shape index (κ1) is 21.9. The van der Waals surface area contributed by atoms with Crippen molar-refractivity contribution in [1.29, 1.82) is 0 Å². The maximum absolute atomic E-state index is 12.8. The number of ether oxygens (including phenoxy) is 1. The number of rotatable bonds is 7. The van der Waals surface area contributed by atoms with E-state index in [9.17, 15) is 4.79 Å². The SMILES string of the molecule is COc1ccc(C(NC(=O)/C=C/c2ccc(-c3ccccc3Cl)s2)c2nccn2C)cc1. The quantitative estimate of drug-likeness (QED) is 0.356. The van der Waals surface area contributed by atoms with E-state index >= 15 is 0 Å². The smallest absolute Gasteiger partial charge is 0.244 e. The number of methoxy groups -OCH3 is 1. The van der Waals surface area contributed by atoms with Gasteiger partial charge < -0.3 is 14.6 Å². The Hall–Kier alpha value is -3.35. The third-order valence-corrected chi connectivity index (χ3v) is 6.43. The summed E-state index contributed by atoms with van der Waals surface area (Å²) in [5.74, 6) is 1.29. The average molecular weight is 464 g/mol. The van der Waals surface area contributed by atoms with Crippen LogP contribution in [0.5, 0.6) is 5.75 Å². The maximum atomic E-state index is 12.8. The molecule has 0 saturated heterocycles. The lowest BCUT2D eigenvalue weighted by Gasteiger charge is -2.18. The molecular weight excluding hydrogens is 442 g/mol. The van der Waals surface area contributed by atoms with Gasteiger partial charge in [0, 0.05) is 45.9 Å². The van der Waals surface area contributed by atoms with Gasteiger partial charge in [-0.3, -0.25) is 4.79 Å². The number of thiophene rings is 1. The molecule has 0 aliphatic rings. The number of aryl methyl sites for hydroxylation is 1. The lowest BCUT2D eigenvalue weighted by molar-refractivity contribution is -0.117. The minimum absolute atomic E-state index is 0.207. The molecule has 1 atom stereocenters. The Labute approximate surface area is 196 Å². The summed E-state index contributed by atoms with van der Waals surface area (Å²) < 4.78 is 7.14. The van der Waals surface area contributed by atoms with Crippen molar-refractivity contribution in [2.45, 2.75) is 6.04 Å². The first-order valence-corrected chi connectivity index (χ1v) is 11.2. The van der Waals surface area contributed by atoms with Crippen molar-refractivity contribution in [1.82, 2.24) is 14.9 Å². The first-order chi connectivity index (χ1) is 15.5. The average Bonchev–Trinajstić information content (AvgIpc) is 3.45. The van der Waals surface area contributed by atoms with Crippen molar-refractivity contribution in [2.24, 2.45) is 7.05 Å². The van der Waals surface area contributed by atoms with Crippen molar-refractivity contribution in [2.75, 3.05) is 7.11 Å². The van der Waals surface area contributed by atoms with E-state index in [1.54, 1.807) is 30.7 Å². The van der Waals surface area contributed by atoms with Crippen LogP contribution in [0, 0.1) is 0 Å². The monoisotopic (exact) mass is 463 g/mol. The van der Waals surface area contributed by atoms with Crippen molar-refractivity contribution < 1.29 is 9.53 Å². The van der Waals surface area contributed by atoms with Crippen molar-refractivity contribution >= 4 is 34.9 Å². The van der Waals surface area contributed by atoms with Gasteiger partial charge in [0.1, 0.15) is 17.6 Å². The number of benzene rings is 2. The zero-order valence-corrected chi connectivity index (χ0v) is 19.2. The van der Waals surface area contributed by atoms with Gasteiger partial charge in [-0.05, 0) is 42.0 Å². The highest BCUT2D eigenvalue weighted by atomic mass is 35.5. The zero-order valence-electron chi connectivity index (χ0n) is 17.7. The molecule has 0 aliphatic carbocycles. The number of carbonyl (C=O) groups is 1. The summed E-state index contributed by atoms with van der Waals surface area (Å²) in [5.41, 5.74) is 1.90. The number of hydrogen-bond acceptors (Lipinski definition) is 4. The second-order valence-corrected chi connectivity index (χ2v) is 8.65. The van der Waals surface area contributed by atoms with Gasteiger partial charge >= 0.3 is 0 Å². The summed E-state index contributed by atoms with van der Waals surface area (Å²) >= 11 is 7.88. The molecular formula is C25H22ClN3O2S. The maximum Gasteiger partial charge on any atom is 0.244 e. The van der Waals surface area contributed by atoms with E-state index in [-0.39, 0.29) is 11.9 Å². The molecule has 2 aromatic heterocycles. The summed E-state index contributed by atoms with van der Waals surface area (Å²) in [6, 6.07) is 18.9. The van der Waals surface area contributed by atoms with Crippen LogP contribution in [-0.4, -0.2) is 22.6 Å². The minimum atomic E-state index is -0.389. The standard InChI is InChI=1S/C25H22ClN3O2S/c1-29-16-15-27-25(29)24(17-7-9-18(31-2)10-8-17)28-23(30)14-12-19-11-13-22(32-19)20-5-3-4-6-21(20)26/h3-16,24H,1-2H3,(H,28,30)/b14-12+. The second-order valence-electron chi connectivity index (χ2n) is 7.13. The molecule has 4 aromatic rings. The molecule has 0 radical (unpaired) electrons. The molecule has 0 bridgehead atoms. The summed E-state index contributed by atoms with van der Waals surface area (Å²) in [5, 5.41) is 3.77. The van der Waals surface area contributed by atoms with Crippen LogP contribution in [0.1, 0.15) is 22.3 Å². The Kier molecular flexibility index (Phi) is 6.73. The second kappa shape index (κ2) is 9.85. The van der Waals surface area contributed by atoms with Crippen molar-refractivity contribution in [3.05, 3.63) is 100 Å². The summed E-state index contributed by atoms with van der Waals surface area (Å²) in [6.07, 6.45) is 6.93. The minimum Gasteiger partial charge on any atom is -0.497 e. The predicted octanol–water partition coefficient (Wildman–Crippen LogP) is 5.73. The van der Waals surface area contributed by atoms with Gasteiger partial charge in [-0.15, -0.1) is 11.3 Å². The number of aromatic nitrogens is 2. The molecule has 5 nitrogen and oxygen atoms in total. The third kappa shape index (κ3) is 4.93. The predicted molar refractivity (Wildman–Crippen MR) is 130 cm³/mol. The van der Waals surface area contributed by atoms with Crippen LogP contribution in [0.15, 0.2) is 79.1 Å². The van der Waals surface area contributed by atoms with Crippen LogP contribution in [0.4, 0.5) is 0 Å². The van der Waals surface area contributed by atoms with E-state index in [1.165, 1.54) is 0 Å². The number of hydrogen-bond donors (Lipinski definition) is 1. The Morgan fingerprint density at radius 1 is 1.16 bits per heavy atom. The van der Waals surface area contributed by atoms with E-state index in [0.29, 0.717) is 5.02 Å². The molecule has 0 spiro atoms. The fourth-order valence-electron chi connectivity index (χ4n) is 3.35. The molecule has 7 heteroatoms. The fourth-order valence-corrected chi connectivity index (χ4v) is 4.59. The highest BCUT2D eigenvalue weighted by Gasteiger charge is 2.20. The van der Waals surface area contributed by atoms with Crippen molar-refractivity contribution in [3.8, 4) is 16.2 Å². The molecule has 4 rings (SSSR count). The van der Waals surface area contributed by atoms with E-state index in [2.05, 4.69) is 10.3 Å². The van der Waals surface area contributed by atoms with Gasteiger partial charge in [-0.2, -0.15) is 0 Å². The fraction of sp³-hybridized carbons (Fsp3) is 0.120. The van der Waals surface area contributed by atoms with Gasteiger partial charge in [0.05, 0.1) is 7.11 Å². The van der Waals surface area contributed by atoms with Gasteiger partial charge in [0.2, 0.25) is 5.91 Å². The third-order valence-electron chi connectivity index (χ3n) is 5.02. The molecule has 32 heavy (non-hydrogen) atoms. The van der Waals surface area contributed by atoms with E-state index < -0.39 is 0 Å². The van der Waals surface area contributed by atoms with Gasteiger partial charge in [-0.25, -0.2) is 4.98 Å².